The Morgan fingerprint density at radius 2 is 2.08 bits per heavy atom. The molecule has 1 fully saturated rings. The highest BCUT2D eigenvalue weighted by molar-refractivity contribution is 5.80. The Hall–Kier alpha value is -1.61. The number of likely N-dealkylation sites (tertiary alicyclic amines) is 1. The van der Waals surface area contributed by atoms with Crippen molar-refractivity contribution < 1.29 is 23.1 Å². The fourth-order valence-electron chi connectivity index (χ4n) is 2.73. The molecule has 1 saturated heterocycles. The van der Waals surface area contributed by atoms with Crippen molar-refractivity contribution in [2.75, 3.05) is 26.2 Å². The molecule has 0 aliphatic carbocycles. The Bertz CT molecular complexity index is 580. The van der Waals surface area contributed by atoms with E-state index in [0.29, 0.717) is 5.82 Å². The molecule has 0 saturated carbocycles. The molecule has 136 valence electrons. The lowest BCUT2D eigenvalue weighted by Gasteiger charge is -2.40. The molecule has 2 N–H and O–H groups in total. The molecule has 9 heteroatoms. The lowest BCUT2D eigenvalue weighted by atomic mass is 9.84. The number of hydrogen-bond donors (Lipinski definition) is 2. The van der Waals surface area contributed by atoms with Gasteiger partial charge in [-0.2, -0.15) is 13.2 Å². The Labute approximate surface area is 138 Å². The maximum absolute atomic E-state index is 12.4. The van der Waals surface area contributed by atoms with Crippen molar-refractivity contribution in [3.05, 3.63) is 18.2 Å². The number of aliphatic hydroxyl groups excluding tert-OH is 1. The summed E-state index contributed by atoms with van der Waals surface area (Å²) >= 11 is 0. The number of imidazole rings is 1. The summed E-state index contributed by atoms with van der Waals surface area (Å²) in [6.45, 7) is 2.58. The van der Waals surface area contributed by atoms with E-state index in [-0.39, 0.29) is 25.6 Å². The number of amides is 1. The van der Waals surface area contributed by atoms with E-state index in [0.717, 1.165) is 0 Å². The number of nitrogens with zero attached hydrogens (tertiary/aromatic N) is 3. The van der Waals surface area contributed by atoms with Crippen LogP contribution in [0.15, 0.2) is 12.4 Å². The number of carbonyl (C=O) groups is 1. The summed E-state index contributed by atoms with van der Waals surface area (Å²) in [5.41, 5.74) is -0.663. The first kappa shape index (κ1) is 18.7. The summed E-state index contributed by atoms with van der Waals surface area (Å²) in [5.74, 6) is -0.207. The molecule has 1 aliphatic heterocycles. The van der Waals surface area contributed by atoms with Gasteiger partial charge >= 0.3 is 6.18 Å². The van der Waals surface area contributed by atoms with E-state index in [1.54, 1.807) is 37.9 Å². The quantitative estimate of drug-likeness (QED) is 0.807. The minimum absolute atomic E-state index is 0.0815. The van der Waals surface area contributed by atoms with Gasteiger partial charge in [0.15, 0.2) is 0 Å². The molecule has 0 aromatic carbocycles. The van der Waals surface area contributed by atoms with Crippen molar-refractivity contribution in [3.63, 3.8) is 0 Å². The Morgan fingerprint density at radius 3 is 2.54 bits per heavy atom. The van der Waals surface area contributed by atoms with E-state index in [2.05, 4.69) is 10.3 Å². The van der Waals surface area contributed by atoms with Gasteiger partial charge in [0, 0.05) is 37.9 Å². The summed E-state index contributed by atoms with van der Waals surface area (Å²) in [4.78, 5) is 17.8. The van der Waals surface area contributed by atoms with Crippen LogP contribution in [0.4, 0.5) is 13.2 Å². The number of carbonyl (C=O) groups excluding carboxylic acids is 1. The minimum atomic E-state index is -4.25. The van der Waals surface area contributed by atoms with Gasteiger partial charge in [-0.1, -0.05) is 13.8 Å². The molecule has 1 atom stereocenters. The average molecular weight is 348 g/mol. The molecule has 1 amide bonds. The lowest BCUT2D eigenvalue weighted by Crippen LogP contribution is -2.57. The second-order valence-electron chi connectivity index (χ2n) is 6.99. The lowest BCUT2D eigenvalue weighted by molar-refractivity contribution is -0.163. The molecule has 1 aromatic heterocycles. The van der Waals surface area contributed by atoms with Crippen molar-refractivity contribution in [2.45, 2.75) is 26.1 Å². The van der Waals surface area contributed by atoms with Gasteiger partial charge in [-0.15, -0.1) is 0 Å². The standard InChI is InChI=1S/C15H23F3N4O2/c1-14(2,9-23)11(12-19-4-5-21(12)3)20-13(24)10-6-22(7-10)8-15(16,17)18/h4-5,10-11,23H,6-9H2,1-3H3,(H,20,24). The second kappa shape index (κ2) is 6.72. The molecule has 6 nitrogen and oxygen atoms in total. The fraction of sp³-hybridized carbons (Fsp3) is 0.733. The largest absolute Gasteiger partial charge is 0.401 e. The molecular weight excluding hydrogens is 325 g/mol. The van der Waals surface area contributed by atoms with Gasteiger partial charge in [-0.25, -0.2) is 4.98 Å². The normalized spacial score (nSPS) is 18.3. The molecule has 24 heavy (non-hydrogen) atoms. The highest BCUT2D eigenvalue weighted by atomic mass is 19.4. The molecule has 1 aliphatic rings. The first-order valence-electron chi connectivity index (χ1n) is 7.71. The van der Waals surface area contributed by atoms with Gasteiger partial charge in [0.1, 0.15) is 5.82 Å². The van der Waals surface area contributed by atoms with E-state index < -0.39 is 30.1 Å². The average Bonchev–Trinajstić information content (AvgIpc) is 2.84. The number of aromatic nitrogens is 2. The van der Waals surface area contributed by atoms with Gasteiger partial charge in [-0.3, -0.25) is 9.69 Å². The van der Waals surface area contributed by atoms with Gasteiger partial charge in [-0.05, 0) is 0 Å². The Morgan fingerprint density at radius 1 is 1.46 bits per heavy atom. The van der Waals surface area contributed by atoms with Crippen molar-refractivity contribution >= 4 is 5.91 Å². The highest BCUT2D eigenvalue weighted by Gasteiger charge is 2.42. The van der Waals surface area contributed by atoms with Crippen LogP contribution in [0.1, 0.15) is 25.7 Å². The molecule has 0 radical (unpaired) electrons. The molecule has 2 heterocycles. The van der Waals surface area contributed by atoms with E-state index in [9.17, 15) is 23.1 Å². The number of rotatable bonds is 6. The van der Waals surface area contributed by atoms with Crippen molar-refractivity contribution in [1.82, 2.24) is 19.8 Å². The minimum Gasteiger partial charge on any atom is -0.396 e. The topological polar surface area (TPSA) is 70.4 Å². The van der Waals surface area contributed by atoms with Crippen LogP contribution in [0.5, 0.6) is 0 Å². The van der Waals surface area contributed by atoms with E-state index in [1.165, 1.54) is 4.90 Å². The number of aryl methyl sites for hydroxylation is 1. The van der Waals surface area contributed by atoms with Gasteiger partial charge in [0.2, 0.25) is 5.91 Å². The predicted molar refractivity (Wildman–Crippen MR) is 80.9 cm³/mol. The van der Waals surface area contributed by atoms with Crippen LogP contribution in [-0.2, 0) is 11.8 Å². The van der Waals surface area contributed by atoms with Gasteiger partial charge in [0.25, 0.3) is 0 Å². The SMILES string of the molecule is Cn1ccnc1C(NC(=O)C1CN(CC(F)(F)F)C1)C(C)(C)CO. The summed E-state index contributed by atoms with van der Waals surface area (Å²) in [6.07, 6.45) is -0.928. The molecular formula is C15H23F3N4O2. The van der Waals surface area contributed by atoms with Crippen LogP contribution in [0.3, 0.4) is 0 Å². The molecule has 1 aromatic rings. The zero-order chi connectivity index (χ0) is 18.1. The summed E-state index contributed by atoms with van der Waals surface area (Å²) < 4.78 is 38.7. The van der Waals surface area contributed by atoms with Crippen molar-refractivity contribution in [1.29, 1.82) is 0 Å². The van der Waals surface area contributed by atoms with Crippen molar-refractivity contribution in [3.8, 4) is 0 Å². The fourth-order valence-corrected chi connectivity index (χ4v) is 2.73. The monoisotopic (exact) mass is 348 g/mol. The van der Waals surface area contributed by atoms with Gasteiger partial charge in [0.05, 0.1) is 25.1 Å². The predicted octanol–water partition coefficient (Wildman–Crippen LogP) is 1.09. The van der Waals surface area contributed by atoms with Crippen LogP contribution >= 0.6 is 0 Å². The number of halogens is 3. The molecule has 2 rings (SSSR count). The van der Waals surface area contributed by atoms with E-state index in [4.69, 9.17) is 0 Å². The Balaban J connectivity index is 2.01. The molecule has 0 spiro atoms. The van der Waals surface area contributed by atoms with Crippen LogP contribution in [0.25, 0.3) is 0 Å². The maximum Gasteiger partial charge on any atom is 0.401 e. The molecule has 0 bridgehead atoms. The number of alkyl halides is 3. The van der Waals surface area contributed by atoms with Crippen molar-refractivity contribution in [2.24, 2.45) is 18.4 Å². The summed E-state index contributed by atoms with van der Waals surface area (Å²) in [6, 6.07) is -0.535. The number of hydrogen-bond acceptors (Lipinski definition) is 4. The Kier molecular flexibility index (Phi) is 5.24. The first-order chi connectivity index (χ1) is 11.0. The van der Waals surface area contributed by atoms with Crippen LogP contribution in [0.2, 0.25) is 0 Å². The third kappa shape index (κ3) is 4.27. The van der Waals surface area contributed by atoms with E-state index >= 15 is 0 Å². The second-order valence-corrected chi connectivity index (χ2v) is 6.99. The zero-order valence-corrected chi connectivity index (χ0v) is 14.0. The van der Waals surface area contributed by atoms with Crippen LogP contribution in [0, 0.1) is 11.3 Å². The number of nitrogens with one attached hydrogen (secondary N) is 1. The zero-order valence-electron chi connectivity index (χ0n) is 14.0. The first-order valence-corrected chi connectivity index (χ1v) is 7.71. The molecule has 1 unspecified atom stereocenters. The third-order valence-corrected chi connectivity index (χ3v) is 4.32. The smallest absolute Gasteiger partial charge is 0.396 e. The third-order valence-electron chi connectivity index (χ3n) is 4.32. The summed E-state index contributed by atoms with van der Waals surface area (Å²) in [7, 11) is 1.78. The number of aliphatic hydroxyl groups is 1. The van der Waals surface area contributed by atoms with Gasteiger partial charge < -0.3 is 15.0 Å². The highest BCUT2D eigenvalue weighted by Crippen LogP contribution is 2.33. The summed E-state index contributed by atoms with van der Waals surface area (Å²) in [5, 5.41) is 12.5. The maximum atomic E-state index is 12.4. The van der Waals surface area contributed by atoms with E-state index in [1.807, 2.05) is 0 Å². The van der Waals surface area contributed by atoms with Crippen LogP contribution < -0.4 is 5.32 Å². The van der Waals surface area contributed by atoms with Crippen LogP contribution in [-0.4, -0.2) is 57.9 Å².